The van der Waals surface area contributed by atoms with E-state index in [1.807, 2.05) is 40.1 Å². The number of unbranched alkanes of at least 4 members (excludes halogenated alkanes) is 2. The second-order valence-corrected chi connectivity index (χ2v) is 6.52. The molecule has 0 saturated carbocycles. The largest absolute Gasteiger partial charge is 0.465 e. The molecule has 0 aromatic heterocycles. The van der Waals surface area contributed by atoms with E-state index in [9.17, 15) is 9.59 Å². The number of rotatable bonds is 13. The lowest BCUT2D eigenvalue weighted by atomic mass is 10.2. The normalized spacial score (nSPS) is 10.8. The third-order valence-corrected chi connectivity index (χ3v) is 4.18. The lowest BCUT2D eigenvalue weighted by molar-refractivity contribution is -0.145. The second-order valence-electron chi connectivity index (χ2n) is 6.52. The zero-order chi connectivity index (χ0) is 19.2. The van der Waals surface area contributed by atoms with Crippen LogP contribution in [0.2, 0.25) is 0 Å². The van der Waals surface area contributed by atoms with Gasteiger partial charge in [-0.05, 0) is 25.3 Å². The predicted molar refractivity (Wildman–Crippen MR) is 105 cm³/mol. The van der Waals surface area contributed by atoms with Gasteiger partial charge in [0.15, 0.2) is 0 Å². The van der Waals surface area contributed by atoms with Crippen LogP contribution in [0, 0.1) is 0 Å². The van der Waals surface area contributed by atoms with Crippen LogP contribution in [0.4, 0.5) is 0 Å². The van der Waals surface area contributed by atoms with E-state index in [0.717, 1.165) is 44.3 Å². The van der Waals surface area contributed by atoms with Crippen LogP contribution in [-0.4, -0.2) is 54.5 Å². The van der Waals surface area contributed by atoms with Gasteiger partial charge >= 0.3 is 5.97 Å². The SMILES string of the molecule is CCCCN(CCCC)C(=O)CN(CC(=O)OCC)Cc1ccccc1. The molecule has 0 fully saturated rings. The smallest absolute Gasteiger partial charge is 0.320 e. The summed E-state index contributed by atoms with van der Waals surface area (Å²) in [5.41, 5.74) is 1.08. The van der Waals surface area contributed by atoms with Crippen molar-refractivity contribution in [3.05, 3.63) is 35.9 Å². The van der Waals surface area contributed by atoms with Crippen LogP contribution in [0.1, 0.15) is 52.0 Å². The molecule has 5 heteroatoms. The average Bonchev–Trinajstić information content (AvgIpc) is 2.62. The number of carbonyl (C=O) groups is 2. The molecule has 5 nitrogen and oxygen atoms in total. The van der Waals surface area contributed by atoms with E-state index in [0.29, 0.717) is 13.2 Å². The molecule has 1 aromatic rings. The third-order valence-electron chi connectivity index (χ3n) is 4.18. The first-order valence-electron chi connectivity index (χ1n) is 9.80. The topological polar surface area (TPSA) is 49.9 Å². The Bertz CT molecular complexity index is 511. The van der Waals surface area contributed by atoms with Crippen molar-refractivity contribution >= 4 is 11.9 Å². The zero-order valence-corrected chi connectivity index (χ0v) is 16.6. The van der Waals surface area contributed by atoms with E-state index in [1.165, 1.54) is 0 Å². The molecule has 1 amide bonds. The van der Waals surface area contributed by atoms with Gasteiger partial charge in [0.25, 0.3) is 0 Å². The summed E-state index contributed by atoms with van der Waals surface area (Å²) in [5.74, 6) is -0.197. The van der Waals surface area contributed by atoms with Crippen LogP contribution in [0.3, 0.4) is 0 Å². The minimum atomic E-state index is -0.287. The summed E-state index contributed by atoms with van der Waals surface area (Å²) in [6.45, 7) is 8.90. The number of nitrogens with zero attached hydrogens (tertiary/aromatic N) is 2. The minimum Gasteiger partial charge on any atom is -0.465 e. The lowest BCUT2D eigenvalue weighted by Crippen LogP contribution is -2.43. The van der Waals surface area contributed by atoms with E-state index in [4.69, 9.17) is 4.74 Å². The lowest BCUT2D eigenvalue weighted by Gasteiger charge is -2.27. The maximum absolute atomic E-state index is 12.8. The Labute approximate surface area is 158 Å². The molecule has 0 spiro atoms. The van der Waals surface area contributed by atoms with Gasteiger partial charge in [0.2, 0.25) is 5.91 Å². The molecule has 0 saturated heterocycles. The number of ether oxygens (including phenoxy) is 1. The molecular weight excluding hydrogens is 328 g/mol. The first kappa shape index (κ1) is 22.2. The van der Waals surface area contributed by atoms with Crippen molar-refractivity contribution < 1.29 is 14.3 Å². The highest BCUT2D eigenvalue weighted by Crippen LogP contribution is 2.07. The van der Waals surface area contributed by atoms with Crippen LogP contribution in [-0.2, 0) is 20.9 Å². The van der Waals surface area contributed by atoms with Crippen LogP contribution in [0.5, 0.6) is 0 Å². The minimum absolute atomic E-state index is 0.0899. The van der Waals surface area contributed by atoms with Gasteiger partial charge in [-0.15, -0.1) is 0 Å². The van der Waals surface area contributed by atoms with E-state index < -0.39 is 0 Å². The van der Waals surface area contributed by atoms with Crippen LogP contribution in [0.25, 0.3) is 0 Å². The number of hydrogen-bond acceptors (Lipinski definition) is 4. The molecule has 0 aliphatic heterocycles. The van der Waals surface area contributed by atoms with Gasteiger partial charge in [0, 0.05) is 19.6 Å². The number of esters is 1. The van der Waals surface area contributed by atoms with Gasteiger partial charge in [-0.25, -0.2) is 0 Å². The molecule has 0 aliphatic rings. The standard InChI is InChI=1S/C21H34N2O3/c1-4-7-14-23(15-8-5-2)20(24)17-22(18-21(25)26-6-3)16-19-12-10-9-11-13-19/h9-13H,4-8,14-18H2,1-3H3. The first-order chi connectivity index (χ1) is 12.6. The van der Waals surface area contributed by atoms with Crippen LogP contribution < -0.4 is 0 Å². The van der Waals surface area contributed by atoms with Crippen molar-refractivity contribution in [2.45, 2.75) is 53.0 Å². The Morgan fingerprint density at radius 3 is 2.08 bits per heavy atom. The number of benzene rings is 1. The van der Waals surface area contributed by atoms with Crippen molar-refractivity contribution in [1.82, 2.24) is 9.80 Å². The first-order valence-corrected chi connectivity index (χ1v) is 9.80. The monoisotopic (exact) mass is 362 g/mol. The van der Waals surface area contributed by atoms with Crippen LogP contribution in [0.15, 0.2) is 30.3 Å². The molecule has 1 aromatic carbocycles. The number of amides is 1. The highest BCUT2D eigenvalue weighted by molar-refractivity contribution is 5.79. The molecule has 0 radical (unpaired) electrons. The summed E-state index contributed by atoms with van der Waals surface area (Å²) in [7, 11) is 0. The Kier molecular flexibility index (Phi) is 11.4. The van der Waals surface area contributed by atoms with Gasteiger partial charge in [-0.1, -0.05) is 57.0 Å². The van der Waals surface area contributed by atoms with E-state index in [1.54, 1.807) is 6.92 Å². The highest BCUT2D eigenvalue weighted by Gasteiger charge is 2.19. The Balaban J connectivity index is 2.76. The Hall–Kier alpha value is -1.88. The van der Waals surface area contributed by atoms with Gasteiger partial charge in [-0.2, -0.15) is 0 Å². The predicted octanol–water partition coefficient (Wildman–Crippen LogP) is 3.48. The summed E-state index contributed by atoms with van der Waals surface area (Å²) in [4.78, 5) is 28.6. The third kappa shape index (κ3) is 8.99. The fraction of sp³-hybridized carbons (Fsp3) is 0.619. The van der Waals surface area contributed by atoms with Gasteiger partial charge < -0.3 is 9.64 Å². The highest BCUT2D eigenvalue weighted by atomic mass is 16.5. The van der Waals surface area contributed by atoms with Crippen molar-refractivity contribution in [2.24, 2.45) is 0 Å². The van der Waals surface area contributed by atoms with Crippen LogP contribution >= 0.6 is 0 Å². The molecule has 0 atom stereocenters. The quantitative estimate of drug-likeness (QED) is 0.504. The Morgan fingerprint density at radius 1 is 0.923 bits per heavy atom. The fourth-order valence-electron chi connectivity index (χ4n) is 2.75. The van der Waals surface area contributed by atoms with Gasteiger partial charge in [-0.3, -0.25) is 14.5 Å². The summed E-state index contributed by atoms with van der Waals surface area (Å²) in [6.07, 6.45) is 4.14. The molecule has 0 N–H and O–H groups in total. The molecule has 0 aliphatic carbocycles. The average molecular weight is 363 g/mol. The maximum Gasteiger partial charge on any atom is 0.320 e. The molecule has 0 heterocycles. The molecule has 0 unspecified atom stereocenters. The number of hydrogen-bond donors (Lipinski definition) is 0. The van der Waals surface area contributed by atoms with Crippen molar-refractivity contribution in [2.75, 3.05) is 32.8 Å². The van der Waals surface area contributed by atoms with Gasteiger partial charge in [0.05, 0.1) is 19.7 Å². The summed E-state index contributed by atoms with van der Waals surface area (Å²) >= 11 is 0. The van der Waals surface area contributed by atoms with E-state index >= 15 is 0 Å². The zero-order valence-electron chi connectivity index (χ0n) is 16.6. The molecule has 0 bridgehead atoms. The van der Waals surface area contributed by atoms with Crippen molar-refractivity contribution in [3.8, 4) is 0 Å². The molecule has 1 rings (SSSR count). The summed E-state index contributed by atoms with van der Waals surface area (Å²) in [5, 5.41) is 0. The van der Waals surface area contributed by atoms with Crippen molar-refractivity contribution in [1.29, 1.82) is 0 Å². The maximum atomic E-state index is 12.8. The molecule has 146 valence electrons. The molecule has 26 heavy (non-hydrogen) atoms. The summed E-state index contributed by atoms with van der Waals surface area (Å²) < 4.78 is 5.08. The molecular formula is C21H34N2O3. The number of carbonyl (C=O) groups excluding carboxylic acids is 2. The fourth-order valence-corrected chi connectivity index (χ4v) is 2.75. The van der Waals surface area contributed by atoms with E-state index in [2.05, 4.69) is 13.8 Å². The van der Waals surface area contributed by atoms with Gasteiger partial charge in [0.1, 0.15) is 0 Å². The van der Waals surface area contributed by atoms with Crippen molar-refractivity contribution in [3.63, 3.8) is 0 Å². The second kappa shape index (κ2) is 13.3. The summed E-state index contributed by atoms with van der Waals surface area (Å²) in [6, 6.07) is 9.91. The Morgan fingerprint density at radius 2 is 1.54 bits per heavy atom. The van der Waals surface area contributed by atoms with E-state index in [-0.39, 0.29) is 25.0 Å².